The van der Waals surface area contributed by atoms with E-state index >= 15 is 0 Å². The second kappa shape index (κ2) is 6.72. The van der Waals surface area contributed by atoms with E-state index in [9.17, 15) is 14.5 Å². The monoisotopic (exact) mass is 356 g/mol. The third kappa shape index (κ3) is 4.56. The Hall–Kier alpha value is -1.85. The fourth-order valence-electron chi connectivity index (χ4n) is 2.29. The summed E-state index contributed by atoms with van der Waals surface area (Å²) in [5.74, 6) is -0.465. The predicted molar refractivity (Wildman–Crippen MR) is 90.9 cm³/mol. The van der Waals surface area contributed by atoms with Gasteiger partial charge in [-0.3, -0.25) is 10.1 Å². The zero-order valence-corrected chi connectivity index (χ0v) is 14.1. The van der Waals surface area contributed by atoms with Crippen molar-refractivity contribution >= 4 is 34.6 Å². The van der Waals surface area contributed by atoms with E-state index in [1.54, 1.807) is 12.1 Å². The molecule has 7 heteroatoms. The van der Waals surface area contributed by atoms with Gasteiger partial charge in [0.2, 0.25) is 0 Å². The number of non-ortho nitro benzene ring substituents is 1. The molecular formula is C16H15Cl2FN2O2. The van der Waals surface area contributed by atoms with Crippen LogP contribution in [-0.4, -0.2) is 10.5 Å². The number of nitro benzene ring substituents is 1. The topological polar surface area (TPSA) is 55.2 Å². The van der Waals surface area contributed by atoms with Crippen molar-refractivity contribution in [3.8, 4) is 0 Å². The van der Waals surface area contributed by atoms with E-state index in [0.29, 0.717) is 12.1 Å². The first kappa shape index (κ1) is 17.5. The van der Waals surface area contributed by atoms with Gasteiger partial charge in [-0.05, 0) is 44.0 Å². The van der Waals surface area contributed by atoms with Crippen LogP contribution in [0.25, 0.3) is 0 Å². The average molecular weight is 357 g/mol. The molecule has 0 fully saturated rings. The Morgan fingerprint density at radius 1 is 1.17 bits per heavy atom. The average Bonchev–Trinajstić information content (AvgIpc) is 2.44. The Balaban J connectivity index is 2.17. The molecule has 0 saturated heterocycles. The van der Waals surface area contributed by atoms with Crippen LogP contribution in [0.3, 0.4) is 0 Å². The van der Waals surface area contributed by atoms with Crippen molar-refractivity contribution in [3.63, 3.8) is 0 Å². The summed E-state index contributed by atoms with van der Waals surface area (Å²) in [5, 5.41) is 14.3. The van der Waals surface area contributed by atoms with Crippen LogP contribution >= 0.6 is 23.2 Å². The molecule has 0 atom stereocenters. The van der Waals surface area contributed by atoms with Crippen molar-refractivity contribution < 1.29 is 9.31 Å². The van der Waals surface area contributed by atoms with E-state index in [1.807, 2.05) is 13.8 Å². The Morgan fingerprint density at radius 2 is 1.87 bits per heavy atom. The molecule has 2 rings (SSSR count). The lowest BCUT2D eigenvalue weighted by Gasteiger charge is -2.28. The van der Waals surface area contributed by atoms with Crippen LogP contribution in [0, 0.1) is 15.9 Å². The van der Waals surface area contributed by atoms with Crippen molar-refractivity contribution in [2.24, 2.45) is 0 Å². The number of hydrogen-bond acceptors (Lipinski definition) is 3. The first-order chi connectivity index (χ1) is 10.7. The van der Waals surface area contributed by atoms with Crippen LogP contribution in [-0.2, 0) is 6.42 Å². The number of nitro groups is 1. The SMILES string of the molecule is CC(C)(Cc1ccc(Cl)c(F)c1)Nc1ccc([N+](=O)[O-])cc1Cl. The Labute approximate surface area is 143 Å². The summed E-state index contributed by atoms with van der Waals surface area (Å²) in [4.78, 5) is 10.2. The Bertz CT molecular complexity index is 751. The van der Waals surface area contributed by atoms with Crippen molar-refractivity contribution in [1.29, 1.82) is 0 Å². The van der Waals surface area contributed by atoms with Gasteiger partial charge in [0.05, 0.1) is 20.7 Å². The minimum atomic E-state index is -0.503. The Morgan fingerprint density at radius 3 is 2.43 bits per heavy atom. The highest BCUT2D eigenvalue weighted by Crippen LogP contribution is 2.30. The van der Waals surface area contributed by atoms with Gasteiger partial charge >= 0.3 is 0 Å². The third-order valence-corrected chi connectivity index (χ3v) is 3.89. The van der Waals surface area contributed by atoms with Crippen LogP contribution in [0.15, 0.2) is 36.4 Å². The number of rotatable bonds is 5. The van der Waals surface area contributed by atoms with Crippen molar-refractivity contribution in [1.82, 2.24) is 0 Å². The van der Waals surface area contributed by atoms with E-state index in [-0.39, 0.29) is 15.7 Å². The summed E-state index contributed by atoms with van der Waals surface area (Å²) < 4.78 is 13.5. The molecule has 4 nitrogen and oxygen atoms in total. The molecule has 0 unspecified atom stereocenters. The smallest absolute Gasteiger partial charge is 0.271 e. The van der Waals surface area contributed by atoms with Crippen molar-refractivity contribution in [2.45, 2.75) is 25.8 Å². The number of nitrogens with zero attached hydrogens (tertiary/aromatic N) is 1. The van der Waals surface area contributed by atoms with Crippen LogP contribution in [0.4, 0.5) is 15.8 Å². The predicted octanol–water partition coefficient (Wildman–Crippen LogP) is 5.47. The summed E-state index contributed by atoms with van der Waals surface area (Å²) in [7, 11) is 0. The molecule has 2 aromatic rings. The van der Waals surface area contributed by atoms with Gasteiger partial charge < -0.3 is 5.32 Å². The van der Waals surface area contributed by atoms with Gasteiger partial charge in [0, 0.05) is 17.7 Å². The van der Waals surface area contributed by atoms with Crippen LogP contribution in [0.2, 0.25) is 10.0 Å². The van der Waals surface area contributed by atoms with Gasteiger partial charge in [-0.1, -0.05) is 29.3 Å². The number of benzene rings is 2. The first-order valence-corrected chi connectivity index (χ1v) is 7.59. The van der Waals surface area contributed by atoms with E-state index < -0.39 is 16.3 Å². The minimum absolute atomic E-state index is 0.0712. The standard InChI is InChI=1S/C16H15Cl2FN2O2/c1-16(2,9-10-3-5-12(17)14(19)7-10)20-15-6-4-11(21(22)23)8-13(15)18/h3-8,20H,9H2,1-2H3. The molecule has 0 amide bonds. The fraction of sp³-hybridized carbons (Fsp3) is 0.250. The maximum Gasteiger partial charge on any atom is 0.271 e. The maximum absolute atomic E-state index is 13.5. The van der Waals surface area contributed by atoms with Crippen LogP contribution in [0.5, 0.6) is 0 Å². The zero-order chi connectivity index (χ0) is 17.2. The van der Waals surface area contributed by atoms with Gasteiger partial charge in [0.25, 0.3) is 5.69 Å². The normalized spacial score (nSPS) is 11.3. The molecule has 0 aliphatic heterocycles. The van der Waals surface area contributed by atoms with Gasteiger partial charge in [-0.2, -0.15) is 0 Å². The van der Waals surface area contributed by atoms with E-state index in [0.717, 1.165) is 5.56 Å². The van der Waals surface area contributed by atoms with Crippen LogP contribution < -0.4 is 5.32 Å². The van der Waals surface area contributed by atoms with E-state index in [2.05, 4.69) is 5.32 Å². The van der Waals surface area contributed by atoms with Crippen molar-refractivity contribution in [2.75, 3.05) is 5.32 Å². The third-order valence-electron chi connectivity index (χ3n) is 3.27. The van der Waals surface area contributed by atoms with E-state index in [1.165, 1.54) is 24.3 Å². The summed E-state index contributed by atoms with van der Waals surface area (Å²) >= 11 is 11.8. The summed E-state index contributed by atoms with van der Waals surface area (Å²) in [5.41, 5.74) is 0.845. The second-order valence-electron chi connectivity index (χ2n) is 5.86. The molecule has 1 N–H and O–H groups in total. The molecule has 23 heavy (non-hydrogen) atoms. The molecule has 0 bridgehead atoms. The summed E-state index contributed by atoms with van der Waals surface area (Å²) in [6, 6.07) is 8.90. The zero-order valence-electron chi connectivity index (χ0n) is 12.6. The second-order valence-corrected chi connectivity index (χ2v) is 6.67. The highest BCUT2D eigenvalue weighted by molar-refractivity contribution is 6.33. The highest BCUT2D eigenvalue weighted by Gasteiger charge is 2.21. The maximum atomic E-state index is 13.5. The highest BCUT2D eigenvalue weighted by atomic mass is 35.5. The largest absolute Gasteiger partial charge is 0.379 e. The first-order valence-electron chi connectivity index (χ1n) is 6.84. The fourth-order valence-corrected chi connectivity index (χ4v) is 2.63. The Kier molecular flexibility index (Phi) is 5.12. The summed E-state index contributed by atoms with van der Waals surface area (Å²) in [6.45, 7) is 3.86. The number of hydrogen-bond donors (Lipinski definition) is 1. The number of anilines is 1. The number of nitrogens with one attached hydrogen (secondary N) is 1. The van der Waals surface area contributed by atoms with Gasteiger partial charge in [0.1, 0.15) is 5.82 Å². The molecule has 0 aliphatic rings. The lowest BCUT2D eigenvalue weighted by molar-refractivity contribution is -0.384. The van der Waals surface area contributed by atoms with Crippen LogP contribution in [0.1, 0.15) is 19.4 Å². The molecular weight excluding hydrogens is 342 g/mol. The molecule has 0 spiro atoms. The van der Waals surface area contributed by atoms with Gasteiger partial charge in [-0.15, -0.1) is 0 Å². The molecule has 0 aromatic heterocycles. The summed E-state index contributed by atoms with van der Waals surface area (Å²) in [6.07, 6.45) is 0.522. The molecule has 0 saturated carbocycles. The number of halogens is 3. The molecule has 0 aliphatic carbocycles. The molecule has 0 heterocycles. The minimum Gasteiger partial charge on any atom is -0.379 e. The molecule has 122 valence electrons. The van der Waals surface area contributed by atoms with E-state index in [4.69, 9.17) is 23.2 Å². The lowest BCUT2D eigenvalue weighted by atomic mass is 9.94. The molecule has 0 radical (unpaired) electrons. The lowest BCUT2D eigenvalue weighted by Crippen LogP contribution is -2.33. The van der Waals surface area contributed by atoms with Gasteiger partial charge in [-0.25, -0.2) is 4.39 Å². The van der Waals surface area contributed by atoms with Crippen molar-refractivity contribution in [3.05, 3.63) is 67.9 Å². The van der Waals surface area contributed by atoms with Gasteiger partial charge in [0.15, 0.2) is 0 Å². The quantitative estimate of drug-likeness (QED) is 0.570. The molecule has 2 aromatic carbocycles.